The molecule has 9 heteroatoms. The van der Waals surface area contributed by atoms with E-state index in [1.165, 1.54) is 8.87 Å². The molecule has 0 spiro atoms. The van der Waals surface area contributed by atoms with Crippen LogP contribution in [0.15, 0.2) is 23.1 Å². The van der Waals surface area contributed by atoms with Crippen molar-refractivity contribution >= 4 is 10.0 Å². The highest BCUT2D eigenvalue weighted by Crippen LogP contribution is 2.38. The van der Waals surface area contributed by atoms with Crippen LogP contribution in [0.4, 0.5) is 0 Å². The predicted octanol–water partition coefficient (Wildman–Crippen LogP) is 3.01. The van der Waals surface area contributed by atoms with Crippen LogP contribution in [0.25, 0.3) is 11.1 Å². The molecule has 0 atom stereocenters. The summed E-state index contributed by atoms with van der Waals surface area (Å²) in [7, 11) is 5.54. The Morgan fingerprint density at radius 2 is 1.71 bits per heavy atom. The predicted molar refractivity (Wildman–Crippen MR) is 135 cm³/mol. The molecular weight excluding hydrogens is 454 g/mol. The van der Waals surface area contributed by atoms with Gasteiger partial charge in [-0.25, -0.2) is 8.42 Å². The molecule has 0 N–H and O–H groups in total. The summed E-state index contributed by atoms with van der Waals surface area (Å²) >= 11 is 0. The molecule has 1 aliphatic rings. The Morgan fingerprint density at radius 1 is 1.06 bits per heavy atom. The van der Waals surface area contributed by atoms with Crippen LogP contribution < -0.4 is 15.0 Å². The fourth-order valence-electron chi connectivity index (χ4n) is 4.54. The molecule has 188 valence electrons. The van der Waals surface area contributed by atoms with Crippen molar-refractivity contribution in [1.82, 2.24) is 13.8 Å². The number of methoxy groups -OCH3 is 2. The molecule has 3 rings (SSSR count). The lowest BCUT2D eigenvalue weighted by Gasteiger charge is -2.30. The lowest BCUT2D eigenvalue weighted by Crippen LogP contribution is -2.41. The van der Waals surface area contributed by atoms with Crippen LogP contribution in [0.2, 0.25) is 0 Å². The molecule has 0 saturated heterocycles. The van der Waals surface area contributed by atoms with Gasteiger partial charge in [-0.3, -0.25) is 4.79 Å². The van der Waals surface area contributed by atoms with E-state index in [1.54, 1.807) is 21.3 Å². The number of sulfonamides is 1. The summed E-state index contributed by atoms with van der Waals surface area (Å²) in [5.41, 5.74) is 4.00. The fourth-order valence-corrected chi connectivity index (χ4v) is 6.06. The molecule has 0 unspecified atom stereocenters. The van der Waals surface area contributed by atoms with Gasteiger partial charge in [-0.1, -0.05) is 19.8 Å². The van der Waals surface area contributed by atoms with E-state index in [9.17, 15) is 13.2 Å². The Hall–Kier alpha value is -2.36. The zero-order valence-electron chi connectivity index (χ0n) is 21.2. The van der Waals surface area contributed by atoms with Crippen molar-refractivity contribution in [3.63, 3.8) is 0 Å². The first kappa shape index (κ1) is 26.2. The number of rotatable bonds is 10. The molecule has 0 fully saturated rings. The number of fused-ring (bicyclic) bond motifs is 1. The third kappa shape index (κ3) is 5.47. The minimum Gasteiger partial charge on any atom is -0.496 e. The fraction of sp³-hybridized carbons (Fsp3) is 0.560. The van der Waals surface area contributed by atoms with Gasteiger partial charge >= 0.3 is 0 Å². The summed E-state index contributed by atoms with van der Waals surface area (Å²) in [4.78, 5) is 15.1. The zero-order chi connectivity index (χ0) is 25.0. The molecule has 0 aliphatic carbocycles. The van der Waals surface area contributed by atoms with Crippen molar-refractivity contribution in [3.8, 4) is 22.6 Å². The van der Waals surface area contributed by atoms with Crippen LogP contribution in [0.3, 0.4) is 0 Å². The first-order valence-corrected chi connectivity index (χ1v) is 13.3. The first-order chi connectivity index (χ1) is 16.1. The van der Waals surface area contributed by atoms with Gasteiger partial charge < -0.3 is 18.9 Å². The second kappa shape index (κ2) is 10.9. The van der Waals surface area contributed by atoms with Crippen molar-refractivity contribution in [2.45, 2.75) is 45.7 Å². The molecular formula is C25H37N3O5S. The van der Waals surface area contributed by atoms with Gasteiger partial charge in [0.1, 0.15) is 11.5 Å². The van der Waals surface area contributed by atoms with Crippen molar-refractivity contribution in [1.29, 1.82) is 0 Å². The maximum Gasteiger partial charge on any atom is 0.255 e. The SMILES string of the molecule is CCCCCS(=O)(=O)N1CCc2c(-c3cc(OC)c(CN(C)C)c(OC)c3)cn(C)c(=O)c2C1. The van der Waals surface area contributed by atoms with E-state index in [0.29, 0.717) is 43.0 Å². The van der Waals surface area contributed by atoms with Crippen molar-refractivity contribution < 1.29 is 17.9 Å². The van der Waals surface area contributed by atoms with Gasteiger partial charge in [0.15, 0.2) is 0 Å². The molecule has 34 heavy (non-hydrogen) atoms. The van der Waals surface area contributed by atoms with Crippen LogP contribution in [0.5, 0.6) is 11.5 Å². The summed E-state index contributed by atoms with van der Waals surface area (Å²) in [6.07, 6.45) is 4.79. The number of hydrogen-bond donors (Lipinski definition) is 0. The molecule has 0 radical (unpaired) electrons. The number of hydrogen-bond acceptors (Lipinski definition) is 6. The zero-order valence-corrected chi connectivity index (χ0v) is 22.0. The second-order valence-electron chi connectivity index (χ2n) is 9.12. The van der Waals surface area contributed by atoms with E-state index >= 15 is 0 Å². The average Bonchev–Trinajstić information content (AvgIpc) is 2.81. The number of benzene rings is 1. The average molecular weight is 492 g/mol. The number of aromatic nitrogens is 1. The van der Waals surface area contributed by atoms with Crippen molar-refractivity contribution in [3.05, 3.63) is 45.4 Å². The van der Waals surface area contributed by atoms with Crippen LogP contribution in [0.1, 0.15) is 42.9 Å². The third-order valence-electron chi connectivity index (χ3n) is 6.33. The summed E-state index contributed by atoms with van der Waals surface area (Å²) in [5.74, 6) is 1.54. The summed E-state index contributed by atoms with van der Waals surface area (Å²) < 4.78 is 40.2. The molecule has 2 heterocycles. The standard InChI is InChI=1S/C25H37N3O5S/c1-7-8-9-12-34(30,31)28-11-10-19-20(16-27(4)25(29)21(19)17-28)18-13-23(32-5)22(15-26(2)3)24(14-18)33-6/h13-14,16H,7-12,15,17H2,1-6H3. The second-order valence-corrected chi connectivity index (χ2v) is 11.2. The first-order valence-electron chi connectivity index (χ1n) is 11.7. The Kier molecular flexibility index (Phi) is 8.43. The Balaban J connectivity index is 2.07. The van der Waals surface area contributed by atoms with E-state index < -0.39 is 10.0 Å². The normalized spacial score (nSPS) is 14.3. The van der Waals surface area contributed by atoms with Gasteiger partial charge in [-0.2, -0.15) is 4.31 Å². The number of pyridine rings is 1. The van der Waals surface area contributed by atoms with E-state index in [-0.39, 0.29) is 17.9 Å². The summed E-state index contributed by atoms with van der Waals surface area (Å²) in [6, 6.07) is 3.94. The molecule has 2 aromatic rings. The van der Waals surface area contributed by atoms with E-state index in [2.05, 4.69) is 0 Å². The van der Waals surface area contributed by atoms with Crippen molar-refractivity contribution in [2.24, 2.45) is 7.05 Å². The van der Waals surface area contributed by atoms with Gasteiger partial charge in [-0.05, 0) is 50.2 Å². The number of unbranched alkanes of at least 4 members (excludes halogenated alkanes) is 2. The van der Waals surface area contributed by atoms with Crippen molar-refractivity contribution in [2.75, 3.05) is 40.6 Å². The topological polar surface area (TPSA) is 81.1 Å². The molecule has 0 amide bonds. The molecule has 8 nitrogen and oxygen atoms in total. The van der Waals surface area contributed by atoms with E-state index in [1.807, 2.05) is 44.2 Å². The lowest BCUT2D eigenvalue weighted by molar-refractivity contribution is 0.349. The minimum absolute atomic E-state index is 0.108. The highest BCUT2D eigenvalue weighted by Gasteiger charge is 2.30. The number of nitrogens with zero attached hydrogens (tertiary/aromatic N) is 3. The van der Waals surface area contributed by atoms with E-state index in [0.717, 1.165) is 35.1 Å². The monoisotopic (exact) mass is 491 g/mol. The van der Waals surface area contributed by atoms with Crippen LogP contribution in [-0.2, 0) is 36.6 Å². The minimum atomic E-state index is -3.40. The third-order valence-corrected chi connectivity index (χ3v) is 8.23. The van der Waals surface area contributed by atoms with Crippen LogP contribution in [-0.4, -0.2) is 62.8 Å². The van der Waals surface area contributed by atoms with Crippen LogP contribution in [0, 0.1) is 0 Å². The molecule has 1 aliphatic heterocycles. The molecule has 1 aromatic carbocycles. The molecule has 0 saturated carbocycles. The Labute approximate surface area is 203 Å². The molecule has 0 bridgehead atoms. The molecule has 1 aromatic heterocycles. The van der Waals surface area contributed by atoms with Gasteiger partial charge in [0.2, 0.25) is 10.0 Å². The highest BCUT2D eigenvalue weighted by molar-refractivity contribution is 7.89. The number of ether oxygens (including phenoxy) is 2. The maximum absolute atomic E-state index is 13.0. The van der Waals surface area contributed by atoms with Crippen LogP contribution >= 0.6 is 0 Å². The van der Waals surface area contributed by atoms with Gasteiger partial charge in [0, 0.05) is 44.0 Å². The smallest absolute Gasteiger partial charge is 0.255 e. The van der Waals surface area contributed by atoms with E-state index in [4.69, 9.17) is 9.47 Å². The largest absolute Gasteiger partial charge is 0.496 e. The summed E-state index contributed by atoms with van der Waals surface area (Å²) in [5, 5.41) is 0. The quantitative estimate of drug-likeness (QED) is 0.476. The van der Waals surface area contributed by atoms with Gasteiger partial charge in [0.25, 0.3) is 5.56 Å². The summed E-state index contributed by atoms with van der Waals surface area (Å²) in [6.45, 7) is 3.18. The maximum atomic E-state index is 13.0. The van der Waals surface area contributed by atoms with Gasteiger partial charge in [-0.15, -0.1) is 0 Å². The number of aryl methyl sites for hydroxylation is 1. The Morgan fingerprint density at radius 3 is 2.26 bits per heavy atom. The lowest BCUT2D eigenvalue weighted by atomic mass is 9.92. The Bertz CT molecular complexity index is 1160. The van der Waals surface area contributed by atoms with Gasteiger partial charge in [0.05, 0.1) is 25.5 Å². The highest BCUT2D eigenvalue weighted by atomic mass is 32.2.